The molecule has 1 rings (SSSR count). The molecule has 1 aromatic heterocycles. The molecular weight excluding hydrogens is 214 g/mol. The second kappa shape index (κ2) is 6.17. The van der Waals surface area contributed by atoms with E-state index in [0.717, 1.165) is 31.6 Å². The van der Waals surface area contributed by atoms with Crippen molar-refractivity contribution in [1.29, 1.82) is 0 Å². The number of hydrogen-bond donors (Lipinski definition) is 2. The van der Waals surface area contributed by atoms with Crippen molar-refractivity contribution in [2.45, 2.75) is 52.6 Å². The molecule has 0 aliphatic rings. The van der Waals surface area contributed by atoms with E-state index in [4.69, 9.17) is 0 Å². The van der Waals surface area contributed by atoms with Crippen molar-refractivity contribution < 1.29 is 5.11 Å². The highest BCUT2D eigenvalue weighted by molar-refractivity contribution is 5.06. The Morgan fingerprint density at radius 2 is 2.18 bits per heavy atom. The molecule has 0 saturated heterocycles. The summed E-state index contributed by atoms with van der Waals surface area (Å²) in [6.45, 7) is 10.2. The van der Waals surface area contributed by atoms with Gasteiger partial charge in [0.1, 0.15) is 0 Å². The number of aliphatic hydroxyl groups is 1. The number of nitrogens with zero attached hydrogens (tertiary/aromatic N) is 2. The lowest BCUT2D eigenvalue weighted by Crippen LogP contribution is -2.45. The molecule has 98 valence electrons. The second-order valence-corrected chi connectivity index (χ2v) is 5.00. The van der Waals surface area contributed by atoms with E-state index in [1.807, 2.05) is 11.6 Å². The van der Waals surface area contributed by atoms with Crippen LogP contribution in [0.4, 0.5) is 0 Å². The predicted octanol–water partition coefficient (Wildman–Crippen LogP) is 1.64. The Balaban J connectivity index is 2.43. The van der Waals surface area contributed by atoms with Crippen LogP contribution < -0.4 is 5.32 Å². The minimum Gasteiger partial charge on any atom is -0.394 e. The van der Waals surface area contributed by atoms with Gasteiger partial charge in [0.2, 0.25) is 0 Å². The minimum absolute atomic E-state index is 0.162. The van der Waals surface area contributed by atoms with Gasteiger partial charge in [0, 0.05) is 17.8 Å². The Labute approximate surface area is 104 Å². The molecule has 0 amide bonds. The fraction of sp³-hybridized carbons (Fsp3) is 0.769. The molecule has 2 N–H and O–H groups in total. The van der Waals surface area contributed by atoms with Crippen molar-refractivity contribution >= 4 is 0 Å². The van der Waals surface area contributed by atoms with E-state index in [1.165, 1.54) is 5.69 Å². The molecule has 1 atom stereocenters. The van der Waals surface area contributed by atoms with Gasteiger partial charge in [-0.1, -0.05) is 6.92 Å². The molecule has 17 heavy (non-hydrogen) atoms. The molecule has 0 fully saturated rings. The van der Waals surface area contributed by atoms with Gasteiger partial charge < -0.3 is 10.4 Å². The Morgan fingerprint density at radius 1 is 1.47 bits per heavy atom. The molecule has 1 aromatic rings. The number of hydrogen-bond acceptors (Lipinski definition) is 3. The number of rotatable bonds is 7. The van der Waals surface area contributed by atoms with E-state index in [1.54, 1.807) is 0 Å². The van der Waals surface area contributed by atoms with Gasteiger partial charge in [-0.3, -0.25) is 4.68 Å². The zero-order valence-electron chi connectivity index (χ0n) is 11.5. The summed E-state index contributed by atoms with van der Waals surface area (Å²) in [5.41, 5.74) is 2.11. The molecule has 1 heterocycles. The van der Waals surface area contributed by atoms with Crippen LogP contribution in [0.15, 0.2) is 6.07 Å². The van der Waals surface area contributed by atoms with E-state index in [0.29, 0.717) is 0 Å². The largest absolute Gasteiger partial charge is 0.394 e. The molecule has 0 aromatic carbocycles. The first kappa shape index (κ1) is 14.2. The molecular formula is C13H25N3O. The Kier molecular flexibility index (Phi) is 5.15. The molecule has 1 unspecified atom stereocenters. The average Bonchev–Trinajstić information content (AvgIpc) is 2.58. The molecule has 0 radical (unpaired) electrons. The standard InChI is InChI=1S/C13H25N3O/c1-5-14-13(4,10-17)7-6-8-16-12(3)9-11(2)15-16/h9,14,17H,5-8,10H2,1-4H3. The smallest absolute Gasteiger partial charge is 0.0610 e. The molecule has 0 aliphatic heterocycles. The van der Waals surface area contributed by atoms with Crippen molar-refractivity contribution in [3.63, 3.8) is 0 Å². The molecule has 0 bridgehead atoms. The summed E-state index contributed by atoms with van der Waals surface area (Å²) in [7, 11) is 0. The van der Waals surface area contributed by atoms with E-state index in [9.17, 15) is 5.11 Å². The van der Waals surface area contributed by atoms with Crippen LogP contribution >= 0.6 is 0 Å². The fourth-order valence-corrected chi connectivity index (χ4v) is 2.17. The third kappa shape index (κ3) is 4.13. The van der Waals surface area contributed by atoms with Crippen molar-refractivity contribution in [2.24, 2.45) is 0 Å². The highest BCUT2D eigenvalue weighted by Gasteiger charge is 2.21. The van der Waals surface area contributed by atoms with Crippen molar-refractivity contribution in [3.05, 3.63) is 17.5 Å². The summed E-state index contributed by atoms with van der Waals surface area (Å²) < 4.78 is 2.04. The van der Waals surface area contributed by atoms with Gasteiger partial charge in [0.05, 0.1) is 12.3 Å². The first-order valence-electron chi connectivity index (χ1n) is 6.37. The van der Waals surface area contributed by atoms with E-state index >= 15 is 0 Å². The highest BCUT2D eigenvalue weighted by Crippen LogP contribution is 2.13. The first-order chi connectivity index (χ1) is 8.00. The summed E-state index contributed by atoms with van der Waals surface area (Å²) in [5, 5.41) is 17.2. The van der Waals surface area contributed by atoms with Crippen molar-refractivity contribution in [2.75, 3.05) is 13.2 Å². The van der Waals surface area contributed by atoms with Crippen LogP contribution in [-0.4, -0.2) is 33.6 Å². The normalized spacial score (nSPS) is 14.9. The van der Waals surface area contributed by atoms with Gasteiger partial charge in [-0.25, -0.2) is 0 Å². The molecule has 0 saturated carbocycles. The topological polar surface area (TPSA) is 50.1 Å². The van der Waals surface area contributed by atoms with Gasteiger partial charge in [0.25, 0.3) is 0 Å². The summed E-state index contributed by atoms with van der Waals surface area (Å²) in [6, 6.07) is 2.09. The maximum atomic E-state index is 9.39. The van der Waals surface area contributed by atoms with E-state index < -0.39 is 0 Å². The van der Waals surface area contributed by atoms with Crippen LogP contribution in [0.2, 0.25) is 0 Å². The minimum atomic E-state index is -0.162. The lowest BCUT2D eigenvalue weighted by molar-refractivity contribution is 0.163. The summed E-state index contributed by atoms with van der Waals surface area (Å²) in [4.78, 5) is 0. The van der Waals surface area contributed by atoms with Gasteiger partial charge >= 0.3 is 0 Å². The number of nitrogens with one attached hydrogen (secondary N) is 1. The number of aromatic nitrogens is 2. The SMILES string of the molecule is CCNC(C)(CO)CCCn1nc(C)cc1C. The van der Waals surface area contributed by atoms with E-state index in [2.05, 4.69) is 37.3 Å². The quantitative estimate of drug-likeness (QED) is 0.760. The van der Waals surface area contributed by atoms with Crippen LogP contribution in [0.3, 0.4) is 0 Å². The van der Waals surface area contributed by atoms with Crippen LogP contribution in [0.25, 0.3) is 0 Å². The summed E-state index contributed by atoms with van der Waals surface area (Å²) in [5.74, 6) is 0. The Bertz CT molecular complexity index is 348. The number of likely N-dealkylation sites (N-methyl/N-ethyl adjacent to an activating group) is 1. The third-order valence-corrected chi connectivity index (χ3v) is 3.15. The van der Waals surface area contributed by atoms with Crippen molar-refractivity contribution in [1.82, 2.24) is 15.1 Å². The maximum Gasteiger partial charge on any atom is 0.0610 e. The molecule has 0 spiro atoms. The first-order valence-corrected chi connectivity index (χ1v) is 6.37. The van der Waals surface area contributed by atoms with Crippen LogP contribution in [0.5, 0.6) is 0 Å². The van der Waals surface area contributed by atoms with Gasteiger partial charge in [-0.15, -0.1) is 0 Å². The molecule has 4 nitrogen and oxygen atoms in total. The summed E-state index contributed by atoms with van der Waals surface area (Å²) in [6.07, 6.45) is 1.97. The average molecular weight is 239 g/mol. The zero-order valence-corrected chi connectivity index (χ0v) is 11.5. The number of aryl methyl sites for hydroxylation is 3. The highest BCUT2D eigenvalue weighted by atomic mass is 16.3. The van der Waals surface area contributed by atoms with Crippen LogP contribution in [0.1, 0.15) is 38.1 Å². The zero-order chi connectivity index (χ0) is 12.9. The van der Waals surface area contributed by atoms with Gasteiger partial charge in [-0.05, 0) is 46.2 Å². The Hall–Kier alpha value is -0.870. The van der Waals surface area contributed by atoms with Gasteiger partial charge in [0.15, 0.2) is 0 Å². The number of aliphatic hydroxyl groups excluding tert-OH is 1. The van der Waals surface area contributed by atoms with Gasteiger partial charge in [-0.2, -0.15) is 5.10 Å². The monoisotopic (exact) mass is 239 g/mol. The van der Waals surface area contributed by atoms with Crippen LogP contribution in [-0.2, 0) is 6.54 Å². The Morgan fingerprint density at radius 3 is 2.65 bits per heavy atom. The molecule has 0 aliphatic carbocycles. The van der Waals surface area contributed by atoms with Crippen molar-refractivity contribution in [3.8, 4) is 0 Å². The fourth-order valence-electron chi connectivity index (χ4n) is 2.17. The third-order valence-electron chi connectivity index (χ3n) is 3.15. The predicted molar refractivity (Wildman–Crippen MR) is 70.1 cm³/mol. The lowest BCUT2D eigenvalue weighted by atomic mass is 9.97. The molecule has 4 heteroatoms. The maximum absolute atomic E-state index is 9.39. The van der Waals surface area contributed by atoms with E-state index in [-0.39, 0.29) is 12.1 Å². The summed E-state index contributed by atoms with van der Waals surface area (Å²) >= 11 is 0. The second-order valence-electron chi connectivity index (χ2n) is 5.00. The lowest BCUT2D eigenvalue weighted by Gasteiger charge is -2.28. The van der Waals surface area contributed by atoms with Crippen LogP contribution in [0, 0.1) is 13.8 Å².